The van der Waals surface area contributed by atoms with Crippen LogP contribution in [0.4, 0.5) is 0 Å². The lowest BCUT2D eigenvalue weighted by atomic mass is 9.69. The number of ether oxygens (including phenoxy) is 2. The topological polar surface area (TPSA) is 93.1 Å². The lowest BCUT2D eigenvalue weighted by molar-refractivity contribution is -0.160. The Morgan fingerprint density at radius 2 is 2.04 bits per heavy atom. The molecule has 3 rings (SSSR count). The molecule has 8 unspecified atom stereocenters. The Bertz CT molecular complexity index is 557. The van der Waals surface area contributed by atoms with Crippen molar-refractivity contribution in [3.63, 3.8) is 0 Å². The zero-order valence-corrected chi connectivity index (χ0v) is 13.7. The molecular formula is C17H24O6. The molecule has 0 aromatic heterocycles. The molecule has 2 N–H and O–H groups in total. The van der Waals surface area contributed by atoms with Crippen molar-refractivity contribution < 1.29 is 29.3 Å². The van der Waals surface area contributed by atoms with Gasteiger partial charge in [-0.2, -0.15) is 0 Å². The predicted octanol–water partition coefficient (Wildman–Crippen LogP) is 0.804. The van der Waals surface area contributed by atoms with Crippen LogP contribution in [0.15, 0.2) is 12.2 Å². The first-order valence-corrected chi connectivity index (χ1v) is 8.10. The van der Waals surface area contributed by atoms with Crippen LogP contribution in [0.2, 0.25) is 0 Å². The molecule has 6 nitrogen and oxygen atoms in total. The van der Waals surface area contributed by atoms with Crippen molar-refractivity contribution >= 4 is 11.9 Å². The molecule has 0 aromatic rings. The number of esters is 2. The highest BCUT2D eigenvalue weighted by Crippen LogP contribution is 2.57. The lowest BCUT2D eigenvalue weighted by Gasteiger charge is -2.38. The van der Waals surface area contributed by atoms with Gasteiger partial charge in [-0.15, -0.1) is 0 Å². The summed E-state index contributed by atoms with van der Waals surface area (Å²) in [6, 6.07) is 0. The van der Waals surface area contributed by atoms with Crippen LogP contribution < -0.4 is 0 Å². The van der Waals surface area contributed by atoms with Gasteiger partial charge in [0.1, 0.15) is 18.3 Å². The number of hydrogen-bond acceptors (Lipinski definition) is 6. The molecule has 3 fully saturated rings. The van der Waals surface area contributed by atoms with Crippen molar-refractivity contribution in [2.24, 2.45) is 23.2 Å². The van der Waals surface area contributed by atoms with Crippen molar-refractivity contribution in [2.45, 2.75) is 58.0 Å². The van der Waals surface area contributed by atoms with Gasteiger partial charge in [-0.3, -0.25) is 4.79 Å². The highest BCUT2D eigenvalue weighted by Gasteiger charge is 2.64. The molecule has 6 heteroatoms. The second-order valence-corrected chi connectivity index (χ2v) is 7.54. The Hall–Kier alpha value is -1.40. The number of hydrogen-bond donors (Lipinski definition) is 2. The molecule has 1 saturated heterocycles. The smallest absolute Gasteiger partial charge is 0.334 e. The van der Waals surface area contributed by atoms with Gasteiger partial charge in [-0.1, -0.05) is 20.4 Å². The van der Waals surface area contributed by atoms with Crippen molar-refractivity contribution in [1.82, 2.24) is 0 Å². The lowest BCUT2D eigenvalue weighted by Crippen LogP contribution is -2.41. The van der Waals surface area contributed by atoms with E-state index in [-0.39, 0.29) is 29.8 Å². The van der Waals surface area contributed by atoms with Crippen LogP contribution in [0.1, 0.15) is 33.6 Å². The Balaban J connectivity index is 2.01. The van der Waals surface area contributed by atoms with E-state index in [0.717, 1.165) is 0 Å². The summed E-state index contributed by atoms with van der Waals surface area (Å²) in [4.78, 5) is 23.3. The Kier molecular flexibility index (Phi) is 3.80. The number of carbonyl (C=O) groups excluding carboxylic acids is 2. The molecule has 0 aromatic carbocycles. The molecule has 0 spiro atoms. The van der Waals surface area contributed by atoms with Crippen LogP contribution in [0.25, 0.3) is 0 Å². The van der Waals surface area contributed by atoms with E-state index < -0.39 is 29.7 Å². The molecule has 0 amide bonds. The molecule has 2 aliphatic carbocycles. The van der Waals surface area contributed by atoms with Gasteiger partial charge in [0.05, 0.1) is 6.10 Å². The van der Waals surface area contributed by atoms with Gasteiger partial charge in [0.2, 0.25) is 0 Å². The van der Waals surface area contributed by atoms with E-state index in [9.17, 15) is 19.8 Å². The fourth-order valence-electron chi connectivity index (χ4n) is 5.11. The standard InChI is InChI=1S/C17H24O6/c1-7-5-11-10(8(2)16(21)23-11)6-17(4)12(7)13(19)14(20)15(17)22-9(3)18/h7,10-15,19-20H,2,5-6H2,1,3-4H3. The second-order valence-electron chi connectivity index (χ2n) is 7.54. The van der Waals surface area contributed by atoms with Crippen molar-refractivity contribution in [3.05, 3.63) is 12.2 Å². The van der Waals surface area contributed by atoms with E-state index in [2.05, 4.69) is 6.58 Å². The van der Waals surface area contributed by atoms with Crippen LogP contribution in [0.5, 0.6) is 0 Å². The number of aliphatic hydroxyl groups excluding tert-OH is 2. The number of rotatable bonds is 1. The van der Waals surface area contributed by atoms with E-state index in [1.54, 1.807) is 0 Å². The van der Waals surface area contributed by atoms with Gasteiger partial charge >= 0.3 is 11.9 Å². The molecule has 2 saturated carbocycles. The average Bonchev–Trinajstić information content (AvgIpc) is 2.74. The molecule has 1 heterocycles. The third-order valence-corrected chi connectivity index (χ3v) is 6.03. The van der Waals surface area contributed by atoms with Crippen LogP contribution >= 0.6 is 0 Å². The maximum atomic E-state index is 11.8. The van der Waals surface area contributed by atoms with E-state index in [0.29, 0.717) is 18.4 Å². The summed E-state index contributed by atoms with van der Waals surface area (Å²) in [5.74, 6) is -1.26. The highest BCUT2D eigenvalue weighted by atomic mass is 16.6. The van der Waals surface area contributed by atoms with Gasteiger partial charge < -0.3 is 19.7 Å². The first-order chi connectivity index (χ1) is 10.7. The summed E-state index contributed by atoms with van der Waals surface area (Å²) in [5.41, 5.74) is -0.207. The minimum absolute atomic E-state index is 0.0129. The van der Waals surface area contributed by atoms with Crippen molar-refractivity contribution in [1.29, 1.82) is 0 Å². The molecule has 0 radical (unpaired) electrons. The molecule has 8 atom stereocenters. The van der Waals surface area contributed by atoms with Gasteiger partial charge in [-0.25, -0.2) is 4.79 Å². The molecule has 23 heavy (non-hydrogen) atoms. The normalized spacial score (nSPS) is 49.2. The highest BCUT2D eigenvalue weighted by molar-refractivity contribution is 5.90. The maximum Gasteiger partial charge on any atom is 0.334 e. The zero-order chi connectivity index (χ0) is 17.1. The Morgan fingerprint density at radius 1 is 1.39 bits per heavy atom. The Morgan fingerprint density at radius 3 is 2.65 bits per heavy atom. The maximum absolute atomic E-state index is 11.8. The van der Waals surface area contributed by atoms with Gasteiger partial charge in [0, 0.05) is 23.8 Å². The van der Waals surface area contributed by atoms with E-state index in [1.807, 2.05) is 13.8 Å². The van der Waals surface area contributed by atoms with Crippen molar-refractivity contribution in [2.75, 3.05) is 0 Å². The minimum Gasteiger partial charge on any atom is -0.459 e. The SMILES string of the molecule is C=C1C(=O)OC2CC(C)C3C(O)C(O)C(OC(C)=O)C3(C)CC12. The number of carbonyl (C=O) groups is 2. The van der Waals surface area contributed by atoms with E-state index >= 15 is 0 Å². The summed E-state index contributed by atoms with van der Waals surface area (Å²) >= 11 is 0. The fraction of sp³-hybridized carbons (Fsp3) is 0.765. The number of aliphatic hydroxyl groups is 2. The van der Waals surface area contributed by atoms with Gasteiger partial charge in [0.25, 0.3) is 0 Å². The van der Waals surface area contributed by atoms with Crippen molar-refractivity contribution in [3.8, 4) is 0 Å². The number of fused-ring (bicyclic) bond motifs is 2. The molecular weight excluding hydrogens is 300 g/mol. The molecule has 3 aliphatic rings. The second kappa shape index (κ2) is 5.31. The van der Waals surface area contributed by atoms with Gasteiger partial charge in [-0.05, 0) is 24.7 Å². The first-order valence-electron chi connectivity index (χ1n) is 8.10. The molecule has 128 valence electrons. The van der Waals surface area contributed by atoms with Crippen LogP contribution in [-0.2, 0) is 19.1 Å². The third kappa shape index (κ3) is 2.31. The summed E-state index contributed by atoms with van der Waals surface area (Å²) in [7, 11) is 0. The molecule has 1 aliphatic heterocycles. The van der Waals surface area contributed by atoms with Crippen LogP contribution in [0.3, 0.4) is 0 Å². The zero-order valence-electron chi connectivity index (χ0n) is 13.7. The van der Waals surface area contributed by atoms with Gasteiger partial charge in [0.15, 0.2) is 0 Å². The largest absolute Gasteiger partial charge is 0.459 e. The third-order valence-electron chi connectivity index (χ3n) is 6.03. The quantitative estimate of drug-likeness (QED) is 0.547. The van der Waals surface area contributed by atoms with Crippen LogP contribution in [0, 0.1) is 23.2 Å². The summed E-state index contributed by atoms with van der Waals surface area (Å²) in [6.45, 7) is 9.03. The minimum atomic E-state index is -1.13. The van der Waals surface area contributed by atoms with Crippen LogP contribution in [-0.4, -0.2) is 46.6 Å². The van der Waals surface area contributed by atoms with E-state index in [1.165, 1.54) is 6.92 Å². The predicted molar refractivity (Wildman–Crippen MR) is 80.1 cm³/mol. The first kappa shape index (κ1) is 16.5. The average molecular weight is 324 g/mol. The Labute approximate surface area is 135 Å². The van der Waals surface area contributed by atoms with E-state index in [4.69, 9.17) is 9.47 Å². The molecule has 0 bridgehead atoms. The fourth-order valence-corrected chi connectivity index (χ4v) is 5.11. The summed E-state index contributed by atoms with van der Waals surface area (Å²) in [6.07, 6.45) is -2.06. The monoisotopic (exact) mass is 324 g/mol. The summed E-state index contributed by atoms with van der Waals surface area (Å²) in [5, 5.41) is 21.0. The summed E-state index contributed by atoms with van der Waals surface area (Å²) < 4.78 is 10.8.